The molecule has 4 aliphatic rings. The van der Waals surface area contributed by atoms with Gasteiger partial charge in [-0.3, -0.25) is 0 Å². The van der Waals surface area contributed by atoms with Gasteiger partial charge in [-0.1, -0.05) is 155 Å². The van der Waals surface area contributed by atoms with Crippen molar-refractivity contribution in [2.24, 2.45) is 0 Å². The molecule has 0 aromatic carbocycles. The molecule has 0 saturated carbocycles. The molecule has 26 nitrogen and oxygen atoms in total. The lowest BCUT2D eigenvalue weighted by Gasteiger charge is -2.46. The van der Waals surface area contributed by atoms with Crippen molar-refractivity contribution >= 4 is 0 Å². The minimum atomic E-state index is -2.02. The quantitative estimate of drug-likeness (QED) is 0.0331. The molecule has 0 spiro atoms. The fourth-order valence-corrected chi connectivity index (χ4v) is 11.1. The van der Waals surface area contributed by atoms with Crippen LogP contribution in [-0.4, -0.2) is 282 Å². The zero-order chi connectivity index (χ0) is 61.6. The van der Waals surface area contributed by atoms with Crippen LogP contribution in [0.4, 0.5) is 0 Å². The Kier molecular flexibility index (Phi) is 37.8. The van der Waals surface area contributed by atoms with Gasteiger partial charge < -0.3 is 129 Å². The summed E-state index contributed by atoms with van der Waals surface area (Å²) in [5.41, 5.74) is 0. The van der Waals surface area contributed by atoms with Crippen LogP contribution in [0.25, 0.3) is 0 Å². The number of aliphatic hydroxyl groups is 16. The zero-order valence-electron chi connectivity index (χ0n) is 49.7. The van der Waals surface area contributed by atoms with E-state index >= 15 is 0 Å². The van der Waals surface area contributed by atoms with Crippen molar-refractivity contribution in [1.82, 2.24) is 0 Å². The lowest BCUT2D eigenvalue weighted by Crippen LogP contribution is -2.63. The van der Waals surface area contributed by atoms with Crippen molar-refractivity contribution in [1.29, 1.82) is 0 Å². The highest BCUT2D eigenvalue weighted by molar-refractivity contribution is 4.96. The van der Waals surface area contributed by atoms with E-state index in [1.165, 1.54) is 64.2 Å². The third kappa shape index (κ3) is 24.0. The van der Waals surface area contributed by atoms with E-state index in [0.29, 0.717) is 25.7 Å². The predicted octanol–water partition coefficient (Wildman–Crippen LogP) is -0.838. The van der Waals surface area contributed by atoms with E-state index in [0.717, 1.165) is 64.2 Å². The Morgan fingerprint density at radius 2 is 0.512 bits per heavy atom. The minimum absolute atomic E-state index is 0.0600. The lowest BCUT2D eigenvalue weighted by molar-refractivity contribution is -0.351. The highest BCUT2D eigenvalue weighted by Gasteiger charge is 2.52. The summed E-state index contributed by atoms with van der Waals surface area (Å²) in [7, 11) is 0. The average Bonchev–Trinajstić information content (AvgIpc) is 2.68. The third-order valence-corrected chi connectivity index (χ3v) is 16.5. The van der Waals surface area contributed by atoms with Crippen LogP contribution in [0.5, 0.6) is 0 Å². The molecule has 0 radical (unpaired) electrons. The molecule has 26 heteroatoms. The molecule has 84 heavy (non-hydrogen) atoms. The Morgan fingerprint density at radius 1 is 0.286 bits per heavy atom. The first-order chi connectivity index (χ1) is 40.5. The molecule has 0 aliphatic carbocycles. The van der Waals surface area contributed by atoms with Crippen molar-refractivity contribution in [2.75, 3.05) is 52.9 Å². The van der Waals surface area contributed by atoms with Gasteiger partial charge in [0.25, 0.3) is 0 Å². The number of rotatable bonds is 45. The molecular formula is C58H110O26. The van der Waals surface area contributed by atoms with Gasteiger partial charge in [0.05, 0.1) is 39.6 Å². The number of hydrogen-bond donors (Lipinski definition) is 16. The van der Waals surface area contributed by atoms with Crippen LogP contribution >= 0.6 is 0 Å². The Labute approximate surface area is 495 Å². The largest absolute Gasteiger partial charge is 0.394 e. The molecule has 498 valence electrons. The van der Waals surface area contributed by atoms with Crippen LogP contribution in [0.15, 0.2) is 0 Å². The van der Waals surface area contributed by atoms with Crippen LogP contribution in [-0.2, 0) is 47.4 Å². The maximum Gasteiger partial charge on any atom is 0.187 e. The van der Waals surface area contributed by atoms with Gasteiger partial charge in [0.1, 0.15) is 122 Å². The summed E-state index contributed by atoms with van der Waals surface area (Å²) in [4.78, 5) is 0. The molecule has 4 fully saturated rings. The summed E-state index contributed by atoms with van der Waals surface area (Å²) in [5.74, 6) is 0. The van der Waals surface area contributed by atoms with E-state index in [-0.39, 0.29) is 13.2 Å². The number of ether oxygens (including phenoxy) is 10. The molecular weight excluding hydrogens is 1110 g/mol. The molecule has 4 saturated heterocycles. The molecule has 0 aromatic heterocycles. The number of aliphatic hydroxyl groups excluding tert-OH is 16. The summed E-state index contributed by atoms with van der Waals surface area (Å²) in [5, 5.41) is 172. The summed E-state index contributed by atoms with van der Waals surface area (Å²) < 4.78 is 61.8. The molecule has 0 amide bonds. The van der Waals surface area contributed by atoms with Gasteiger partial charge in [-0.25, -0.2) is 0 Å². The van der Waals surface area contributed by atoms with Crippen molar-refractivity contribution in [2.45, 2.75) is 315 Å². The normalized spacial score (nSPS) is 35.5. The smallest absolute Gasteiger partial charge is 0.187 e. The first-order valence-corrected chi connectivity index (χ1v) is 31.5. The standard InChI is InChI=1S/C58H110O26/c1-3-5-7-9-11-13-15-17-19-21-23-25-27-75-53(39(83-57-51(73)47(69)43(65)37(31-61)81-57)33-77-55-49(71)45(67)41(63)35(29-59)79-55)54(76-28-26-24-22-20-18-16-14-12-10-8-6-4-2)40(84-58-52(74)48(70)44(66)38(32-62)82-58)34-78-56-50(72)46(68)42(64)36(30-60)80-56/h35-74H,3-34H2,1-2H3/t35?,36?,37?,38?,39-,40-,41+,42+,43+,44+,45-,46-,47-,48-,49?,50?,51?,52?,53-,54-,55+,56+,57-,58-/m0/s1. The van der Waals surface area contributed by atoms with Crippen LogP contribution in [0.3, 0.4) is 0 Å². The molecule has 24 atom stereocenters. The van der Waals surface area contributed by atoms with E-state index in [9.17, 15) is 81.7 Å². The molecule has 8 unspecified atom stereocenters. The highest BCUT2D eigenvalue weighted by Crippen LogP contribution is 2.32. The fraction of sp³-hybridized carbons (Fsp3) is 1.00. The van der Waals surface area contributed by atoms with Crippen LogP contribution in [0.2, 0.25) is 0 Å². The van der Waals surface area contributed by atoms with Crippen molar-refractivity contribution < 1.29 is 129 Å². The third-order valence-electron chi connectivity index (χ3n) is 16.5. The number of unbranched alkanes of at least 4 members (excludes halogenated alkanes) is 22. The number of hydrogen-bond acceptors (Lipinski definition) is 26. The second kappa shape index (κ2) is 42.1. The molecule has 0 bridgehead atoms. The van der Waals surface area contributed by atoms with E-state index in [1.807, 2.05) is 0 Å². The highest BCUT2D eigenvalue weighted by atomic mass is 16.8. The molecule has 4 aliphatic heterocycles. The van der Waals surface area contributed by atoms with Crippen molar-refractivity contribution in [3.8, 4) is 0 Å². The summed E-state index contributed by atoms with van der Waals surface area (Å²) in [6, 6.07) is 0. The second-order valence-electron chi connectivity index (χ2n) is 23.3. The maximum atomic E-state index is 11.4. The minimum Gasteiger partial charge on any atom is -0.394 e. The Balaban J connectivity index is 1.79. The lowest BCUT2D eigenvalue weighted by atomic mass is 9.97. The maximum absolute atomic E-state index is 11.4. The SMILES string of the molecule is CCCCCCCCCCCCCCO[C@H]([C@@H](OCCCCCCCCCCCCCC)[C@H](CO[C@@H]1OC(CO)[C@@H](O)[C@H](O)C1O)O[C@@H]1OC(CO)[C@@H](O)[C@H](O)C1O)[C@H](CO[C@@H]1OC(CO)[C@@H](O)[C@H](O)C1O)O[C@@H]1OC(CO)[C@@H](O)[C@H](O)C1O. The molecule has 0 aromatic rings. The predicted molar refractivity (Wildman–Crippen MR) is 298 cm³/mol. The van der Waals surface area contributed by atoms with E-state index in [2.05, 4.69) is 13.8 Å². The van der Waals surface area contributed by atoms with Crippen molar-refractivity contribution in [3.63, 3.8) is 0 Å². The Bertz CT molecular complexity index is 1510. The van der Waals surface area contributed by atoms with Crippen LogP contribution in [0.1, 0.15) is 168 Å². The Hall–Kier alpha value is -1.04. The van der Waals surface area contributed by atoms with Gasteiger partial charge in [-0.2, -0.15) is 0 Å². The Morgan fingerprint density at radius 3 is 0.762 bits per heavy atom. The van der Waals surface area contributed by atoms with Gasteiger partial charge in [0, 0.05) is 13.2 Å². The zero-order valence-corrected chi connectivity index (χ0v) is 49.7. The second-order valence-corrected chi connectivity index (χ2v) is 23.3. The van der Waals surface area contributed by atoms with Gasteiger partial charge in [0.2, 0.25) is 0 Å². The molecule has 4 heterocycles. The summed E-state index contributed by atoms with van der Waals surface area (Å²) >= 11 is 0. The monoisotopic (exact) mass is 1220 g/mol. The first-order valence-electron chi connectivity index (χ1n) is 31.5. The van der Waals surface area contributed by atoms with E-state index in [1.54, 1.807) is 0 Å². The van der Waals surface area contributed by atoms with Crippen LogP contribution < -0.4 is 0 Å². The molecule has 16 N–H and O–H groups in total. The average molecular weight is 1220 g/mol. The van der Waals surface area contributed by atoms with Gasteiger partial charge in [-0.05, 0) is 12.8 Å². The summed E-state index contributed by atoms with van der Waals surface area (Å²) in [6.07, 6.45) is -18.3. The van der Waals surface area contributed by atoms with E-state index in [4.69, 9.17) is 47.4 Å². The topological polar surface area (TPSA) is 416 Å². The van der Waals surface area contributed by atoms with Gasteiger partial charge in [0.15, 0.2) is 25.2 Å². The van der Waals surface area contributed by atoms with Crippen molar-refractivity contribution in [3.05, 3.63) is 0 Å². The van der Waals surface area contributed by atoms with Crippen LogP contribution in [0, 0.1) is 0 Å². The molecule has 4 rings (SSSR count). The van der Waals surface area contributed by atoms with E-state index < -0.39 is 187 Å². The first kappa shape index (κ1) is 75.4. The van der Waals surface area contributed by atoms with Gasteiger partial charge in [-0.15, -0.1) is 0 Å². The summed E-state index contributed by atoms with van der Waals surface area (Å²) in [6.45, 7) is -0.660. The fourth-order valence-electron chi connectivity index (χ4n) is 11.1. The van der Waals surface area contributed by atoms with Gasteiger partial charge >= 0.3 is 0 Å².